The number of hydrogen-bond acceptors (Lipinski definition) is 3. The van der Waals surface area contributed by atoms with Crippen LogP contribution in [0.4, 0.5) is 5.95 Å². The number of hydrogen-bond donors (Lipinski definition) is 1. The van der Waals surface area contributed by atoms with Crippen molar-refractivity contribution in [1.82, 2.24) is 9.55 Å². The van der Waals surface area contributed by atoms with E-state index in [1.807, 2.05) is 0 Å². The van der Waals surface area contributed by atoms with E-state index in [1.54, 1.807) is 7.11 Å². The van der Waals surface area contributed by atoms with Gasteiger partial charge in [0.15, 0.2) is 0 Å². The van der Waals surface area contributed by atoms with Gasteiger partial charge in [0, 0.05) is 32.5 Å². The predicted octanol–water partition coefficient (Wildman–Crippen LogP) is 3.15. The number of imidazole rings is 1. The number of nitrogens with zero attached hydrogens (tertiary/aromatic N) is 2. The van der Waals surface area contributed by atoms with Gasteiger partial charge in [0.1, 0.15) is 0 Å². The van der Waals surface area contributed by atoms with Crippen molar-refractivity contribution in [3.8, 4) is 0 Å². The molecular weight excluding hydrogens is 226 g/mol. The zero-order chi connectivity index (χ0) is 12.8. The molecule has 0 saturated heterocycles. The maximum atomic E-state index is 5.05. The molecule has 0 bridgehead atoms. The van der Waals surface area contributed by atoms with Crippen LogP contribution in [0, 0.1) is 6.92 Å². The fourth-order valence-electron chi connectivity index (χ4n) is 2.68. The van der Waals surface area contributed by atoms with Crippen LogP contribution in [0.1, 0.15) is 50.3 Å². The van der Waals surface area contributed by atoms with Crippen molar-refractivity contribution in [2.24, 2.45) is 0 Å². The minimum absolute atomic E-state index is 0.660. The summed E-state index contributed by atoms with van der Waals surface area (Å²) in [5, 5.41) is 3.47. The molecule has 1 aliphatic rings. The molecule has 0 aliphatic heterocycles. The number of rotatable bonds is 7. The van der Waals surface area contributed by atoms with Crippen LogP contribution in [0.5, 0.6) is 0 Å². The summed E-state index contributed by atoms with van der Waals surface area (Å²) in [5.41, 5.74) is 1.11. The molecule has 0 unspecified atom stereocenters. The van der Waals surface area contributed by atoms with E-state index < -0.39 is 0 Å². The molecule has 0 radical (unpaired) electrons. The summed E-state index contributed by atoms with van der Waals surface area (Å²) in [6, 6.07) is 0.660. The Bertz CT molecular complexity index is 356. The second-order valence-electron chi connectivity index (χ2n) is 5.18. The fourth-order valence-corrected chi connectivity index (χ4v) is 2.68. The normalized spacial score (nSPS) is 16.3. The quantitative estimate of drug-likeness (QED) is 0.757. The Balaban J connectivity index is 1.86. The Kier molecular flexibility index (Phi) is 5.05. The van der Waals surface area contributed by atoms with Crippen molar-refractivity contribution in [2.45, 2.75) is 51.5 Å². The Labute approximate surface area is 110 Å². The smallest absolute Gasteiger partial charge is 0.203 e. The zero-order valence-corrected chi connectivity index (χ0v) is 11.6. The standard InChI is InChI=1S/C14H25N3O/c1-12-11-17(13-7-3-4-8-13)14(16-12)15-9-5-6-10-18-2/h11,13H,3-10H2,1-2H3,(H,15,16). The highest BCUT2D eigenvalue weighted by atomic mass is 16.5. The van der Waals surface area contributed by atoms with Crippen LogP contribution < -0.4 is 5.32 Å². The predicted molar refractivity (Wildman–Crippen MR) is 74.1 cm³/mol. The maximum Gasteiger partial charge on any atom is 0.203 e. The molecular formula is C14H25N3O. The van der Waals surface area contributed by atoms with E-state index in [4.69, 9.17) is 4.74 Å². The molecule has 4 nitrogen and oxygen atoms in total. The van der Waals surface area contributed by atoms with Crippen molar-refractivity contribution >= 4 is 5.95 Å². The van der Waals surface area contributed by atoms with E-state index in [0.29, 0.717) is 6.04 Å². The molecule has 1 fully saturated rings. The van der Waals surface area contributed by atoms with Gasteiger partial charge in [-0.1, -0.05) is 12.8 Å². The van der Waals surface area contributed by atoms with E-state index in [0.717, 1.165) is 37.6 Å². The Hall–Kier alpha value is -1.03. The van der Waals surface area contributed by atoms with Crippen molar-refractivity contribution in [2.75, 3.05) is 25.6 Å². The number of aromatic nitrogens is 2. The summed E-state index contributed by atoms with van der Waals surface area (Å²) in [5.74, 6) is 1.05. The zero-order valence-electron chi connectivity index (χ0n) is 11.6. The molecule has 1 heterocycles. The third kappa shape index (κ3) is 3.48. The van der Waals surface area contributed by atoms with Crippen molar-refractivity contribution in [1.29, 1.82) is 0 Å². The van der Waals surface area contributed by atoms with Crippen LogP contribution in [0.25, 0.3) is 0 Å². The van der Waals surface area contributed by atoms with E-state index >= 15 is 0 Å². The van der Waals surface area contributed by atoms with Gasteiger partial charge < -0.3 is 14.6 Å². The first-order chi connectivity index (χ1) is 8.81. The molecule has 4 heteroatoms. The summed E-state index contributed by atoms with van der Waals surface area (Å²) in [6.45, 7) is 3.89. The van der Waals surface area contributed by atoms with Gasteiger partial charge in [-0.2, -0.15) is 0 Å². The van der Waals surface area contributed by atoms with Crippen LogP contribution >= 0.6 is 0 Å². The van der Waals surface area contributed by atoms with E-state index in [2.05, 4.69) is 28.0 Å². The number of aryl methyl sites for hydroxylation is 1. The molecule has 1 saturated carbocycles. The van der Waals surface area contributed by atoms with Gasteiger partial charge in [-0.25, -0.2) is 4.98 Å². The van der Waals surface area contributed by atoms with Gasteiger partial charge in [0.2, 0.25) is 5.95 Å². The highest BCUT2D eigenvalue weighted by molar-refractivity contribution is 5.29. The molecule has 1 aromatic heterocycles. The summed E-state index contributed by atoms with van der Waals surface area (Å²) in [4.78, 5) is 4.59. The van der Waals surface area contributed by atoms with Crippen molar-refractivity contribution < 1.29 is 4.74 Å². The first-order valence-electron chi connectivity index (χ1n) is 7.09. The lowest BCUT2D eigenvalue weighted by Crippen LogP contribution is -2.12. The van der Waals surface area contributed by atoms with Gasteiger partial charge >= 0.3 is 0 Å². The van der Waals surface area contributed by atoms with E-state index in [9.17, 15) is 0 Å². The first-order valence-corrected chi connectivity index (χ1v) is 7.09. The lowest BCUT2D eigenvalue weighted by atomic mass is 10.2. The molecule has 0 aromatic carbocycles. The number of methoxy groups -OCH3 is 1. The lowest BCUT2D eigenvalue weighted by Gasteiger charge is -2.15. The van der Waals surface area contributed by atoms with Gasteiger partial charge in [0.05, 0.1) is 5.69 Å². The second kappa shape index (κ2) is 6.78. The summed E-state index contributed by atoms with van der Waals surface area (Å²) >= 11 is 0. The monoisotopic (exact) mass is 251 g/mol. The summed E-state index contributed by atoms with van der Waals surface area (Å²) in [6.07, 6.45) is 9.73. The SMILES string of the molecule is COCCCCNc1nc(C)cn1C1CCCC1. The van der Waals surface area contributed by atoms with Crippen molar-refractivity contribution in [3.63, 3.8) is 0 Å². The molecule has 2 rings (SSSR count). The maximum absolute atomic E-state index is 5.05. The van der Waals surface area contributed by atoms with Crippen molar-refractivity contribution in [3.05, 3.63) is 11.9 Å². The highest BCUT2D eigenvalue weighted by Gasteiger charge is 2.19. The Morgan fingerprint density at radius 2 is 2.17 bits per heavy atom. The highest BCUT2D eigenvalue weighted by Crippen LogP contribution is 2.31. The van der Waals surface area contributed by atoms with Gasteiger partial charge in [-0.3, -0.25) is 0 Å². The molecule has 0 spiro atoms. The van der Waals surface area contributed by atoms with Gasteiger partial charge in [-0.05, 0) is 32.6 Å². The van der Waals surface area contributed by atoms with Crippen LogP contribution in [-0.4, -0.2) is 29.8 Å². The molecule has 1 N–H and O–H groups in total. The Morgan fingerprint density at radius 3 is 2.89 bits per heavy atom. The minimum Gasteiger partial charge on any atom is -0.385 e. The number of nitrogens with one attached hydrogen (secondary N) is 1. The molecule has 1 aromatic rings. The third-order valence-electron chi connectivity index (χ3n) is 3.63. The van der Waals surface area contributed by atoms with Crippen LogP contribution in [0.15, 0.2) is 6.20 Å². The summed E-state index contributed by atoms with van der Waals surface area (Å²) in [7, 11) is 1.75. The van der Waals surface area contributed by atoms with E-state index in [-0.39, 0.29) is 0 Å². The van der Waals surface area contributed by atoms with Crippen LogP contribution in [-0.2, 0) is 4.74 Å². The molecule has 18 heavy (non-hydrogen) atoms. The lowest BCUT2D eigenvalue weighted by molar-refractivity contribution is 0.193. The minimum atomic E-state index is 0.660. The second-order valence-corrected chi connectivity index (χ2v) is 5.18. The van der Waals surface area contributed by atoms with E-state index in [1.165, 1.54) is 25.7 Å². The number of ether oxygens (including phenoxy) is 1. The molecule has 0 amide bonds. The average molecular weight is 251 g/mol. The number of anilines is 1. The molecule has 102 valence electrons. The molecule has 0 atom stereocenters. The average Bonchev–Trinajstić information content (AvgIpc) is 2.98. The molecule has 1 aliphatic carbocycles. The van der Waals surface area contributed by atoms with Crippen LogP contribution in [0.2, 0.25) is 0 Å². The number of unbranched alkanes of at least 4 members (excludes halogenated alkanes) is 1. The third-order valence-corrected chi connectivity index (χ3v) is 3.63. The summed E-state index contributed by atoms with van der Waals surface area (Å²) < 4.78 is 7.40. The fraction of sp³-hybridized carbons (Fsp3) is 0.786. The largest absolute Gasteiger partial charge is 0.385 e. The van der Waals surface area contributed by atoms with Gasteiger partial charge in [0.25, 0.3) is 0 Å². The van der Waals surface area contributed by atoms with Gasteiger partial charge in [-0.15, -0.1) is 0 Å². The first kappa shape index (κ1) is 13.4. The topological polar surface area (TPSA) is 39.1 Å². The van der Waals surface area contributed by atoms with Crippen LogP contribution in [0.3, 0.4) is 0 Å². The Morgan fingerprint density at radius 1 is 1.39 bits per heavy atom.